The summed E-state index contributed by atoms with van der Waals surface area (Å²) in [5.41, 5.74) is 9.86. The van der Waals surface area contributed by atoms with E-state index in [1.165, 1.54) is 0 Å². The van der Waals surface area contributed by atoms with Gasteiger partial charge in [0.05, 0.1) is 11.3 Å². The van der Waals surface area contributed by atoms with Crippen LogP contribution in [-0.2, 0) is 0 Å². The minimum absolute atomic E-state index is 0.258. The Balaban J connectivity index is 2.52. The molecule has 0 heterocycles. The zero-order valence-electron chi connectivity index (χ0n) is 9.35. The van der Waals surface area contributed by atoms with Gasteiger partial charge >= 0.3 is 0 Å². The van der Waals surface area contributed by atoms with Crippen LogP contribution in [0.4, 0.5) is 5.69 Å². The van der Waals surface area contributed by atoms with Gasteiger partial charge in [-0.1, -0.05) is 24.3 Å². The van der Waals surface area contributed by atoms with Crippen molar-refractivity contribution in [2.24, 2.45) is 0 Å². The number of para-hydroxylation sites is 1. The number of nitrogens with two attached hydrogens (primary N) is 1. The summed E-state index contributed by atoms with van der Waals surface area (Å²) in [5, 5.41) is 8.65. The second-order valence-electron chi connectivity index (χ2n) is 3.71. The molecule has 92 valence electrons. The second kappa shape index (κ2) is 5.36. The maximum atomic E-state index is 11.4. The van der Waals surface area contributed by atoms with Crippen LogP contribution in [0.2, 0.25) is 0 Å². The molecule has 1 amide bonds. The van der Waals surface area contributed by atoms with E-state index in [0.29, 0.717) is 5.69 Å². The van der Waals surface area contributed by atoms with Gasteiger partial charge in [-0.2, -0.15) is 0 Å². The molecule has 0 atom stereocenters. The van der Waals surface area contributed by atoms with Crippen LogP contribution in [0.25, 0.3) is 11.1 Å². The Morgan fingerprint density at radius 1 is 1.17 bits per heavy atom. The third-order valence-corrected chi connectivity index (χ3v) is 3.33. The Kier molecular flexibility index (Phi) is 3.83. The molecule has 0 aliphatic rings. The van der Waals surface area contributed by atoms with E-state index in [2.05, 4.69) is 22.6 Å². The van der Waals surface area contributed by atoms with Crippen LogP contribution in [0.3, 0.4) is 0 Å². The topological polar surface area (TPSA) is 75.4 Å². The second-order valence-corrected chi connectivity index (χ2v) is 4.96. The molecule has 0 spiro atoms. The minimum atomic E-state index is -0.611. The third-order valence-electron chi connectivity index (χ3n) is 2.61. The Morgan fingerprint density at radius 3 is 2.44 bits per heavy atom. The highest BCUT2D eigenvalue weighted by Crippen LogP contribution is 2.28. The van der Waals surface area contributed by atoms with Crippen molar-refractivity contribution < 1.29 is 10.0 Å². The van der Waals surface area contributed by atoms with Crippen molar-refractivity contribution in [1.29, 1.82) is 0 Å². The first-order valence-corrected chi connectivity index (χ1v) is 6.30. The average Bonchev–Trinajstić information content (AvgIpc) is 2.39. The van der Waals surface area contributed by atoms with Gasteiger partial charge in [-0.3, -0.25) is 10.0 Å². The van der Waals surface area contributed by atoms with Crippen molar-refractivity contribution >= 4 is 34.2 Å². The number of carbonyl (C=O) groups excluding carboxylic acids is 1. The summed E-state index contributed by atoms with van der Waals surface area (Å²) < 4.78 is 1.12. The molecule has 4 N–H and O–H groups in total. The Morgan fingerprint density at radius 2 is 1.83 bits per heavy atom. The summed E-state index contributed by atoms with van der Waals surface area (Å²) in [6.07, 6.45) is 0. The molecule has 0 saturated heterocycles. The monoisotopic (exact) mass is 354 g/mol. The lowest BCUT2D eigenvalue weighted by atomic mass is 10.0. The zero-order valence-corrected chi connectivity index (χ0v) is 11.5. The summed E-state index contributed by atoms with van der Waals surface area (Å²) in [6, 6.07) is 12.9. The van der Waals surface area contributed by atoms with Gasteiger partial charge in [0.25, 0.3) is 5.91 Å². The largest absolute Gasteiger partial charge is 0.398 e. The number of anilines is 1. The van der Waals surface area contributed by atoms with Crippen LogP contribution in [-0.4, -0.2) is 11.1 Å². The highest BCUT2D eigenvalue weighted by molar-refractivity contribution is 14.1. The van der Waals surface area contributed by atoms with Crippen LogP contribution in [0.5, 0.6) is 0 Å². The van der Waals surface area contributed by atoms with Gasteiger partial charge in [0.2, 0.25) is 0 Å². The molecular weight excluding hydrogens is 343 g/mol. The lowest BCUT2D eigenvalue weighted by Gasteiger charge is -2.10. The lowest BCUT2D eigenvalue weighted by Crippen LogP contribution is -2.20. The van der Waals surface area contributed by atoms with E-state index in [9.17, 15) is 4.79 Å². The van der Waals surface area contributed by atoms with Gasteiger partial charge in [0.15, 0.2) is 0 Å². The van der Waals surface area contributed by atoms with Crippen molar-refractivity contribution in [1.82, 2.24) is 5.48 Å². The molecule has 18 heavy (non-hydrogen) atoms. The van der Waals surface area contributed by atoms with Crippen LogP contribution < -0.4 is 11.2 Å². The van der Waals surface area contributed by atoms with Crippen molar-refractivity contribution in [3.8, 4) is 11.1 Å². The van der Waals surface area contributed by atoms with E-state index in [4.69, 9.17) is 10.9 Å². The Bertz CT molecular complexity index is 582. The van der Waals surface area contributed by atoms with Gasteiger partial charge in [0.1, 0.15) is 0 Å². The van der Waals surface area contributed by atoms with E-state index >= 15 is 0 Å². The highest BCUT2D eigenvalue weighted by Gasteiger charge is 2.12. The Labute approximate surface area is 118 Å². The minimum Gasteiger partial charge on any atom is -0.398 e. The Hall–Kier alpha value is -1.60. The van der Waals surface area contributed by atoms with Gasteiger partial charge in [-0.15, -0.1) is 0 Å². The van der Waals surface area contributed by atoms with E-state index in [-0.39, 0.29) is 5.56 Å². The van der Waals surface area contributed by atoms with Crippen LogP contribution in [0.1, 0.15) is 10.4 Å². The van der Waals surface area contributed by atoms with E-state index in [1.807, 2.05) is 30.3 Å². The van der Waals surface area contributed by atoms with Gasteiger partial charge in [-0.25, -0.2) is 5.48 Å². The third kappa shape index (κ3) is 2.46. The molecule has 0 aliphatic carbocycles. The highest BCUT2D eigenvalue weighted by atomic mass is 127. The fourth-order valence-electron chi connectivity index (χ4n) is 1.70. The smallest absolute Gasteiger partial charge is 0.276 e. The first-order valence-electron chi connectivity index (χ1n) is 5.22. The number of amides is 1. The van der Waals surface area contributed by atoms with Gasteiger partial charge in [-0.05, 0) is 46.4 Å². The molecule has 0 aliphatic heterocycles. The summed E-state index contributed by atoms with van der Waals surface area (Å²) >= 11 is 2.22. The molecule has 2 aromatic carbocycles. The molecule has 4 nitrogen and oxygen atoms in total. The quantitative estimate of drug-likeness (QED) is 0.336. The number of nitrogens with one attached hydrogen (secondary N) is 1. The standard InChI is InChI=1S/C13H11IN2O2/c14-9-6-4-8(5-7-9)10-2-1-3-11(12(10)15)13(17)16-18/h1-7,18H,15H2,(H,16,17). The van der Waals surface area contributed by atoms with Gasteiger partial charge in [0, 0.05) is 9.13 Å². The molecule has 2 rings (SSSR count). The molecule has 0 fully saturated rings. The normalized spacial score (nSPS) is 10.1. The van der Waals surface area contributed by atoms with Crippen LogP contribution >= 0.6 is 22.6 Å². The molecule has 5 heteroatoms. The van der Waals surface area contributed by atoms with Crippen LogP contribution in [0, 0.1) is 3.57 Å². The number of benzene rings is 2. The first kappa shape index (κ1) is 12.8. The van der Waals surface area contributed by atoms with Crippen molar-refractivity contribution in [3.05, 3.63) is 51.6 Å². The predicted octanol–water partition coefficient (Wildman–Crippen LogP) is 2.66. The predicted molar refractivity (Wildman–Crippen MR) is 78.3 cm³/mol. The molecular formula is C13H11IN2O2. The fraction of sp³-hybridized carbons (Fsp3) is 0. The fourth-order valence-corrected chi connectivity index (χ4v) is 2.06. The molecule has 0 bridgehead atoms. The summed E-state index contributed by atoms with van der Waals surface area (Å²) in [6.45, 7) is 0. The van der Waals surface area contributed by atoms with Crippen molar-refractivity contribution in [2.45, 2.75) is 0 Å². The van der Waals surface area contributed by atoms with Gasteiger partial charge < -0.3 is 5.73 Å². The van der Waals surface area contributed by atoms with Crippen molar-refractivity contribution in [2.75, 3.05) is 5.73 Å². The number of nitrogen functional groups attached to an aromatic ring is 1. The molecule has 0 unspecified atom stereocenters. The number of halogens is 1. The molecule has 0 radical (unpaired) electrons. The molecule has 0 saturated carbocycles. The number of hydrogen-bond acceptors (Lipinski definition) is 3. The average molecular weight is 354 g/mol. The SMILES string of the molecule is Nc1c(C(=O)NO)cccc1-c1ccc(I)cc1. The van der Waals surface area contributed by atoms with Crippen molar-refractivity contribution in [3.63, 3.8) is 0 Å². The maximum Gasteiger partial charge on any atom is 0.276 e. The number of carbonyl (C=O) groups is 1. The molecule has 0 aromatic heterocycles. The lowest BCUT2D eigenvalue weighted by molar-refractivity contribution is 0.0707. The number of hydroxylamine groups is 1. The summed E-state index contributed by atoms with van der Waals surface area (Å²) in [7, 11) is 0. The van der Waals surface area contributed by atoms with Crippen LogP contribution in [0.15, 0.2) is 42.5 Å². The van der Waals surface area contributed by atoms with E-state index in [0.717, 1.165) is 14.7 Å². The molecule has 2 aromatic rings. The first-order chi connectivity index (χ1) is 8.63. The number of rotatable bonds is 2. The maximum absolute atomic E-state index is 11.4. The zero-order chi connectivity index (χ0) is 13.1. The van der Waals surface area contributed by atoms with E-state index < -0.39 is 5.91 Å². The van der Waals surface area contributed by atoms with E-state index in [1.54, 1.807) is 17.6 Å². The summed E-state index contributed by atoms with van der Waals surface area (Å²) in [5.74, 6) is -0.611. The summed E-state index contributed by atoms with van der Waals surface area (Å²) in [4.78, 5) is 11.4. The number of hydrogen-bond donors (Lipinski definition) is 3.